The van der Waals surface area contributed by atoms with Gasteiger partial charge in [0, 0.05) is 29.8 Å². The third-order valence-corrected chi connectivity index (χ3v) is 4.44. The van der Waals surface area contributed by atoms with Gasteiger partial charge < -0.3 is 4.90 Å². The maximum absolute atomic E-state index is 12.1. The lowest BCUT2D eigenvalue weighted by Gasteiger charge is -2.17. The molecule has 19 heavy (non-hydrogen) atoms. The van der Waals surface area contributed by atoms with E-state index >= 15 is 0 Å². The first-order valence-corrected chi connectivity index (χ1v) is 8.45. The van der Waals surface area contributed by atoms with Crippen molar-refractivity contribution in [2.75, 3.05) is 13.6 Å². The van der Waals surface area contributed by atoms with Crippen LogP contribution in [0.25, 0.3) is 0 Å². The largest absolute Gasteiger partial charge is 0.342 e. The fraction of sp³-hybridized carbons (Fsp3) is 0.417. The van der Waals surface area contributed by atoms with Gasteiger partial charge in [0.25, 0.3) is 15.0 Å². The van der Waals surface area contributed by atoms with Crippen molar-refractivity contribution in [1.29, 1.82) is 0 Å². The summed E-state index contributed by atoms with van der Waals surface area (Å²) in [7, 11) is 2.97. The molecule has 0 aliphatic heterocycles. The van der Waals surface area contributed by atoms with Crippen molar-refractivity contribution in [2.24, 2.45) is 0 Å². The Labute approximate surface area is 122 Å². The maximum Gasteiger partial charge on any atom is 0.262 e. The summed E-state index contributed by atoms with van der Waals surface area (Å²) in [4.78, 5) is 13.4. The van der Waals surface area contributed by atoms with Crippen LogP contribution in [0.4, 0.5) is 0 Å². The molecule has 7 heteroatoms. The zero-order chi connectivity index (χ0) is 14.6. The van der Waals surface area contributed by atoms with Crippen molar-refractivity contribution in [3.8, 4) is 0 Å². The summed E-state index contributed by atoms with van der Waals surface area (Å²) in [6.45, 7) is 2.64. The van der Waals surface area contributed by atoms with E-state index in [2.05, 4.69) is 0 Å². The molecule has 0 bridgehead atoms. The number of hydrogen-bond donors (Lipinski definition) is 0. The molecule has 0 aliphatic carbocycles. The van der Waals surface area contributed by atoms with Gasteiger partial charge in [-0.25, -0.2) is 8.42 Å². The summed E-state index contributed by atoms with van der Waals surface area (Å²) >= 11 is 5.76. The topological polar surface area (TPSA) is 54.5 Å². The molecule has 1 aromatic rings. The van der Waals surface area contributed by atoms with Crippen molar-refractivity contribution in [1.82, 2.24) is 4.90 Å². The second kappa shape index (κ2) is 6.59. The molecule has 1 rings (SSSR count). The lowest BCUT2D eigenvalue weighted by Crippen LogP contribution is -2.27. The molecule has 0 aromatic heterocycles. The minimum atomic E-state index is -3.96. The molecule has 0 radical (unpaired) electrons. The summed E-state index contributed by atoms with van der Waals surface area (Å²) < 4.78 is 22.7. The SMILES string of the molecule is CCCCN(C)C(=O)c1ccc(Cl)c(S(=O)(=O)Cl)c1. The zero-order valence-corrected chi connectivity index (χ0v) is 13.0. The fourth-order valence-electron chi connectivity index (χ4n) is 1.54. The van der Waals surface area contributed by atoms with E-state index < -0.39 is 9.05 Å². The molecule has 0 aliphatic rings. The van der Waals surface area contributed by atoms with Crippen LogP contribution in [0.5, 0.6) is 0 Å². The molecule has 0 N–H and O–H groups in total. The molecule has 0 fully saturated rings. The number of rotatable bonds is 5. The second-order valence-corrected chi connectivity index (χ2v) is 7.10. The molecule has 0 saturated heterocycles. The zero-order valence-electron chi connectivity index (χ0n) is 10.7. The highest BCUT2D eigenvalue weighted by Gasteiger charge is 2.19. The summed E-state index contributed by atoms with van der Waals surface area (Å²) in [6.07, 6.45) is 1.86. The number of carbonyl (C=O) groups excluding carboxylic acids is 1. The minimum absolute atomic E-state index is 0.00256. The quantitative estimate of drug-likeness (QED) is 0.782. The molecule has 1 amide bonds. The van der Waals surface area contributed by atoms with Gasteiger partial charge in [0.05, 0.1) is 5.02 Å². The summed E-state index contributed by atoms with van der Waals surface area (Å²) in [5, 5.41) is 0.00256. The van der Waals surface area contributed by atoms with Gasteiger partial charge in [0.15, 0.2) is 0 Å². The van der Waals surface area contributed by atoms with Crippen LogP contribution in [-0.2, 0) is 9.05 Å². The summed E-state index contributed by atoms with van der Waals surface area (Å²) in [5.41, 5.74) is 0.252. The summed E-state index contributed by atoms with van der Waals surface area (Å²) in [6, 6.07) is 4.05. The van der Waals surface area contributed by atoms with Crippen LogP contribution in [0.15, 0.2) is 23.1 Å². The van der Waals surface area contributed by atoms with Crippen molar-refractivity contribution >= 4 is 37.2 Å². The highest BCUT2D eigenvalue weighted by molar-refractivity contribution is 8.13. The first kappa shape index (κ1) is 16.3. The van der Waals surface area contributed by atoms with Gasteiger partial charge in [-0.2, -0.15) is 0 Å². The Morgan fingerprint density at radius 3 is 2.53 bits per heavy atom. The second-order valence-electron chi connectivity index (χ2n) is 4.16. The van der Waals surface area contributed by atoms with Crippen molar-refractivity contribution < 1.29 is 13.2 Å². The number of unbranched alkanes of at least 4 members (excludes halogenated alkanes) is 1. The van der Waals surface area contributed by atoms with Gasteiger partial charge in [-0.15, -0.1) is 0 Å². The predicted molar refractivity (Wildman–Crippen MR) is 76.4 cm³/mol. The Kier molecular flexibility index (Phi) is 5.64. The smallest absolute Gasteiger partial charge is 0.262 e. The molecule has 0 heterocycles. The highest BCUT2D eigenvalue weighted by atomic mass is 35.7. The van der Waals surface area contributed by atoms with E-state index in [1.54, 1.807) is 7.05 Å². The van der Waals surface area contributed by atoms with Crippen LogP contribution in [0, 0.1) is 0 Å². The molecule has 1 aromatic carbocycles. The average molecular weight is 324 g/mol. The number of amides is 1. The fourth-order valence-corrected chi connectivity index (χ4v) is 3.03. The van der Waals surface area contributed by atoms with E-state index in [1.165, 1.54) is 23.1 Å². The predicted octanol–water partition coefficient (Wildman–Crippen LogP) is 3.14. The van der Waals surface area contributed by atoms with Gasteiger partial charge in [-0.1, -0.05) is 24.9 Å². The average Bonchev–Trinajstić information content (AvgIpc) is 2.34. The standard InChI is InChI=1S/C12H15Cl2NO3S/c1-3-4-7-15(2)12(16)9-5-6-10(13)11(8-9)19(14,17)18/h5-6,8H,3-4,7H2,1-2H3. The lowest BCUT2D eigenvalue weighted by atomic mass is 10.2. The molecule has 0 atom stereocenters. The third kappa shape index (κ3) is 4.37. The Bertz CT molecular complexity index is 572. The van der Waals surface area contributed by atoms with Crippen molar-refractivity contribution in [2.45, 2.75) is 24.7 Å². The van der Waals surface area contributed by atoms with E-state index in [1.807, 2.05) is 6.92 Å². The summed E-state index contributed by atoms with van der Waals surface area (Å²) in [5.74, 6) is -0.258. The Morgan fingerprint density at radius 2 is 2.00 bits per heavy atom. The number of benzene rings is 1. The number of carbonyl (C=O) groups is 1. The van der Waals surface area contributed by atoms with Gasteiger partial charge in [-0.3, -0.25) is 4.79 Å². The van der Waals surface area contributed by atoms with Crippen LogP contribution in [0.1, 0.15) is 30.1 Å². The maximum atomic E-state index is 12.1. The monoisotopic (exact) mass is 323 g/mol. The van der Waals surface area contributed by atoms with Crippen LogP contribution in [0.3, 0.4) is 0 Å². The van der Waals surface area contributed by atoms with E-state index in [4.69, 9.17) is 22.3 Å². The van der Waals surface area contributed by atoms with Crippen molar-refractivity contribution in [3.63, 3.8) is 0 Å². The molecule has 0 saturated carbocycles. The number of hydrogen-bond acceptors (Lipinski definition) is 3. The molecule has 0 unspecified atom stereocenters. The van der Waals surface area contributed by atoms with Crippen LogP contribution < -0.4 is 0 Å². The van der Waals surface area contributed by atoms with Gasteiger partial charge in [0.2, 0.25) is 0 Å². The van der Waals surface area contributed by atoms with Crippen LogP contribution in [0.2, 0.25) is 5.02 Å². The molecule has 4 nitrogen and oxygen atoms in total. The first-order chi connectivity index (χ1) is 8.77. The number of nitrogens with zero attached hydrogens (tertiary/aromatic N) is 1. The van der Waals surface area contributed by atoms with Gasteiger partial charge in [-0.05, 0) is 24.6 Å². The van der Waals surface area contributed by atoms with Crippen LogP contribution >= 0.6 is 22.3 Å². The highest BCUT2D eigenvalue weighted by Crippen LogP contribution is 2.26. The van der Waals surface area contributed by atoms with Crippen LogP contribution in [-0.4, -0.2) is 32.8 Å². The molecular weight excluding hydrogens is 309 g/mol. The normalized spacial score (nSPS) is 11.4. The Morgan fingerprint density at radius 1 is 1.37 bits per heavy atom. The molecular formula is C12H15Cl2NO3S. The molecule has 0 spiro atoms. The van der Waals surface area contributed by atoms with E-state index in [9.17, 15) is 13.2 Å². The first-order valence-electron chi connectivity index (χ1n) is 5.77. The van der Waals surface area contributed by atoms with E-state index in [0.29, 0.717) is 6.54 Å². The lowest BCUT2D eigenvalue weighted by molar-refractivity contribution is 0.0793. The Hall–Kier alpha value is -0.780. The number of halogens is 2. The van der Waals surface area contributed by atoms with Gasteiger partial charge >= 0.3 is 0 Å². The minimum Gasteiger partial charge on any atom is -0.342 e. The van der Waals surface area contributed by atoms with Crippen molar-refractivity contribution in [3.05, 3.63) is 28.8 Å². The Balaban J connectivity index is 3.06. The van der Waals surface area contributed by atoms with E-state index in [0.717, 1.165) is 12.8 Å². The van der Waals surface area contributed by atoms with E-state index in [-0.39, 0.29) is 21.4 Å². The third-order valence-electron chi connectivity index (χ3n) is 2.63. The molecule has 106 valence electrons. The van der Waals surface area contributed by atoms with Gasteiger partial charge in [0.1, 0.15) is 4.90 Å².